The molecule has 0 aliphatic carbocycles. The lowest BCUT2D eigenvalue weighted by atomic mass is 10.3. The van der Waals surface area contributed by atoms with Crippen molar-refractivity contribution >= 4 is 27.6 Å². The summed E-state index contributed by atoms with van der Waals surface area (Å²) in [7, 11) is 0. The average molecular weight is 304 g/mol. The number of ether oxygens (including phenoxy) is 1. The topological polar surface area (TPSA) is 38.3 Å². The number of hydrogen-bond donors (Lipinski definition) is 1. The van der Waals surface area contributed by atoms with Crippen LogP contribution in [0.2, 0.25) is 0 Å². The standard InChI is InChI=1S/C12H15BrFNO2/c1-2-3-6-17-12(16)8-15-11-5-4-9(14)7-10(11)13/h4-5,7,15H,2-3,6,8H2,1H3. The largest absolute Gasteiger partial charge is 0.464 e. The summed E-state index contributed by atoms with van der Waals surface area (Å²) in [5.41, 5.74) is 0.666. The first-order chi connectivity index (χ1) is 8.13. The molecule has 0 radical (unpaired) electrons. The fourth-order valence-electron chi connectivity index (χ4n) is 1.18. The monoisotopic (exact) mass is 303 g/mol. The molecule has 0 fully saturated rings. The molecular formula is C12H15BrFNO2. The van der Waals surface area contributed by atoms with Gasteiger partial charge in [-0.15, -0.1) is 0 Å². The van der Waals surface area contributed by atoms with E-state index in [2.05, 4.69) is 21.2 Å². The number of nitrogens with one attached hydrogen (secondary N) is 1. The van der Waals surface area contributed by atoms with Crippen LogP contribution in [0.25, 0.3) is 0 Å². The Bertz CT molecular complexity index is 385. The van der Waals surface area contributed by atoms with Crippen molar-refractivity contribution in [2.75, 3.05) is 18.5 Å². The summed E-state index contributed by atoms with van der Waals surface area (Å²) in [5, 5.41) is 2.88. The Labute approximate surface area is 108 Å². The van der Waals surface area contributed by atoms with Gasteiger partial charge in [0.05, 0.1) is 6.61 Å². The van der Waals surface area contributed by atoms with Gasteiger partial charge in [-0.1, -0.05) is 13.3 Å². The Kier molecular flexibility index (Phi) is 5.97. The zero-order valence-corrected chi connectivity index (χ0v) is 11.2. The molecule has 0 saturated carbocycles. The van der Waals surface area contributed by atoms with E-state index in [1.807, 2.05) is 6.92 Å². The van der Waals surface area contributed by atoms with Crippen LogP contribution in [0.5, 0.6) is 0 Å². The predicted molar refractivity (Wildman–Crippen MR) is 68.5 cm³/mol. The van der Waals surface area contributed by atoms with Gasteiger partial charge in [-0.05, 0) is 40.5 Å². The van der Waals surface area contributed by atoms with Crippen LogP contribution in [0.4, 0.5) is 10.1 Å². The Morgan fingerprint density at radius 1 is 1.53 bits per heavy atom. The number of halogens is 2. The molecule has 0 spiro atoms. The van der Waals surface area contributed by atoms with Crippen molar-refractivity contribution in [3.8, 4) is 0 Å². The molecule has 1 rings (SSSR count). The third-order valence-electron chi connectivity index (χ3n) is 2.12. The van der Waals surface area contributed by atoms with Crippen LogP contribution < -0.4 is 5.32 Å². The Morgan fingerprint density at radius 3 is 2.94 bits per heavy atom. The number of rotatable bonds is 6. The summed E-state index contributed by atoms with van der Waals surface area (Å²) < 4.78 is 18.4. The van der Waals surface area contributed by atoms with E-state index in [1.54, 1.807) is 6.07 Å². The molecule has 0 amide bonds. The molecule has 0 aliphatic rings. The average Bonchev–Trinajstić information content (AvgIpc) is 2.28. The number of esters is 1. The van der Waals surface area contributed by atoms with Crippen molar-refractivity contribution in [1.29, 1.82) is 0 Å². The fourth-order valence-corrected chi connectivity index (χ4v) is 1.67. The maximum absolute atomic E-state index is 12.8. The molecule has 94 valence electrons. The van der Waals surface area contributed by atoms with Gasteiger partial charge in [0.25, 0.3) is 0 Å². The second-order valence-electron chi connectivity index (χ2n) is 3.55. The first-order valence-corrected chi connectivity index (χ1v) is 6.27. The minimum Gasteiger partial charge on any atom is -0.464 e. The number of anilines is 1. The van der Waals surface area contributed by atoms with Crippen molar-refractivity contribution in [1.82, 2.24) is 0 Å². The zero-order valence-electron chi connectivity index (χ0n) is 9.63. The van der Waals surface area contributed by atoms with Crippen LogP contribution in [-0.4, -0.2) is 19.1 Å². The lowest BCUT2D eigenvalue weighted by molar-refractivity contribution is -0.141. The van der Waals surface area contributed by atoms with Crippen molar-refractivity contribution in [2.24, 2.45) is 0 Å². The van der Waals surface area contributed by atoms with Crippen molar-refractivity contribution < 1.29 is 13.9 Å². The predicted octanol–water partition coefficient (Wildman–Crippen LogP) is 3.34. The summed E-state index contributed by atoms with van der Waals surface area (Å²) in [6, 6.07) is 4.24. The highest BCUT2D eigenvalue weighted by atomic mass is 79.9. The zero-order chi connectivity index (χ0) is 12.7. The maximum Gasteiger partial charge on any atom is 0.325 e. The molecule has 0 saturated heterocycles. The molecule has 0 bridgehead atoms. The molecule has 0 heterocycles. The van der Waals surface area contributed by atoms with E-state index < -0.39 is 0 Å². The van der Waals surface area contributed by atoms with Crippen LogP contribution in [-0.2, 0) is 9.53 Å². The highest BCUT2D eigenvalue weighted by Crippen LogP contribution is 2.22. The van der Waals surface area contributed by atoms with Gasteiger partial charge in [-0.25, -0.2) is 4.39 Å². The Morgan fingerprint density at radius 2 is 2.29 bits per heavy atom. The molecular weight excluding hydrogens is 289 g/mol. The van der Waals surface area contributed by atoms with Crippen LogP contribution in [0.1, 0.15) is 19.8 Å². The molecule has 0 aromatic heterocycles. The summed E-state index contributed by atoms with van der Waals surface area (Å²) in [6.07, 6.45) is 1.86. The summed E-state index contributed by atoms with van der Waals surface area (Å²) in [4.78, 5) is 11.3. The van der Waals surface area contributed by atoms with Crippen LogP contribution >= 0.6 is 15.9 Å². The van der Waals surface area contributed by atoms with Gasteiger partial charge in [-0.2, -0.15) is 0 Å². The molecule has 0 aliphatic heterocycles. The van der Waals surface area contributed by atoms with Crippen molar-refractivity contribution in [3.63, 3.8) is 0 Å². The van der Waals surface area contributed by atoms with Gasteiger partial charge >= 0.3 is 5.97 Å². The number of benzene rings is 1. The SMILES string of the molecule is CCCCOC(=O)CNc1ccc(F)cc1Br. The molecule has 17 heavy (non-hydrogen) atoms. The van der Waals surface area contributed by atoms with Gasteiger partial charge in [0.1, 0.15) is 12.4 Å². The van der Waals surface area contributed by atoms with Crippen LogP contribution in [0, 0.1) is 5.82 Å². The van der Waals surface area contributed by atoms with Crippen molar-refractivity contribution in [3.05, 3.63) is 28.5 Å². The number of hydrogen-bond acceptors (Lipinski definition) is 3. The van der Waals surface area contributed by atoms with Gasteiger partial charge in [0, 0.05) is 10.2 Å². The molecule has 0 atom stereocenters. The van der Waals surface area contributed by atoms with E-state index in [0.717, 1.165) is 12.8 Å². The van der Waals surface area contributed by atoms with Crippen molar-refractivity contribution in [2.45, 2.75) is 19.8 Å². The van der Waals surface area contributed by atoms with Gasteiger partial charge in [0.15, 0.2) is 0 Å². The van der Waals surface area contributed by atoms with E-state index in [0.29, 0.717) is 16.8 Å². The molecule has 5 heteroatoms. The van der Waals surface area contributed by atoms with Gasteiger partial charge in [-0.3, -0.25) is 4.79 Å². The summed E-state index contributed by atoms with van der Waals surface area (Å²) in [5.74, 6) is -0.636. The minimum absolute atomic E-state index is 0.0773. The number of carbonyl (C=O) groups excluding carboxylic acids is 1. The van der Waals surface area contributed by atoms with E-state index in [1.165, 1.54) is 12.1 Å². The highest BCUT2D eigenvalue weighted by Gasteiger charge is 2.05. The van der Waals surface area contributed by atoms with E-state index in [9.17, 15) is 9.18 Å². The third kappa shape index (κ3) is 5.17. The first kappa shape index (κ1) is 14.0. The molecule has 1 aromatic carbocycles. The van der Waals surface area contributed by atoms with E-state index >= 15 is 0 Å². The molecule has 3 nitrogen and oxygen atoms in total. The first-order valence-electron chi connectivity index (χ1n) is 5.48. The Balaban J connectivity index is 2.37. The lowest BCUT2D eigenvalue weighted by Gasteiger charge is -2.08. The van der Waals surface area contributed by atoms with E-state index in [-0.39, 0.29) is 18.3 Å². The quantitative estimate of drug-likeness (QED) is 0.647. The van der Waals surface area contributed by atoms with Gasteiger partial charge in [0.2, 0.25) is 0 Å². The minimum atomic E-state index is -0.326. The maximum atomic E-state index is 12.8. The number of unbranched alkanes of at least 4 members (excludes halogenated alkanes) is 1. The molecule has 0 unspecified atom stereocenters. The lowest BCUT2D eigenvalue weighted by Crippen LogP contribution is -2.17. The highest BCUT2D eigenvalue weighted by molar-refractivity contribution is 9.10. The van der Waals surface area contributed by atoms with Gasteiger partial charge < -0.3 is 10.1 Å². The molecule has 1 N–H and O–H groups in total. The van der Waals surface area contributed by atoms with E-state index in [4.69, 9.17) is 4.74 Å². The normalized spacial score (nSPS) is 10.1. The Hall–Kier alpha value is -1.10. The second kappa shape index (κ2) is 7.27. The molecule has 1 aromatic rings. The summed E-state index contributed by atoms with van der Waals surface area (Å²) in [6.45, 7) is 2.55. The van der Waals surface area contributed by atoms with Crippen LogP contribution in [0.15, 0.2) is 22.7 Å². The summed E-state index contributed by atoms with van der Waals surface area (Å²) >= 11 is 3.21. The smallest absolute Gasteiger partial charge is 0.325 e. The third-order valence-corrected chi connectivity index (χ3v) is 2.77. The number of carbonyl (C=O) groups is 1. The second-order valence-corrected chi connectivity index (χ2v) is 4.41. The van der Waals surface area contributed by atoms with Crippen LogP contribution in [0.3, 0.4) is 0 Å². The fraction of sp³-hybridized carbons (Fsp3) is 0.417.